The molecular weight excluding hydrogens is 244 g/mol. The zero-order chi connectivity index (χ0) is 11.5. The van der Waals surface area contributed by atoms with E-state index in [-0.39, 0.29) is 5.95 Å². The summed E-state index contributed by atoms with van der Waals surface area (Å²) in [6.45, 7) is 4.67. The van der Waals surface area contributed by atoms with Gasteiger partial charge in [-0.1, -0.05) is 30.5 Å². The van der Waals surface area contributed by atoms with Crippen LogP contribution in [0.4, 0.5) is 11.8 Å². The molecule has 84 valence electrons. The fourth-order valence-electron chi connectivity index (χ4n) is 1.37. The molecule has 4 nitrogen and oxygen atoms in total. The number of nitrogen functional groups attached to an aromatic ring is 1. The van der Waals surface area contributed by atoms with E-state index >= 15 is 0 Å². The van der Waals surface area contributed by atoms with Crippen LogP contribution in [-0.2, 0) is 0 Å². The number of hydrogen-bond acceptors (Lipinski definition) is 5. The first-order valence-electron chi connectivity index (χ1n) is 4.70. The molecule has 0 fully saturated rings. The fraction of sp³-hybridized carbons (Fsp3) is 0.200. The summed E-state index contributed by atoms with van der Waals surface area (Å²) in [4.78, 5) is 11.1. The van der Waals surface area contributed by atoms with Crippen molar-refractivity contribution in [2.24, 2.45) is 0 Å². The number of nitrogens with two attached hydrogens (primary N) is 1. The van der Waals surface area contributed by atoms with E-state index in [0.29, 0.717) is 12.4 Å². The van der Waals surface area contributed by atoms with E-state index in [4.69, 9.17) is 17.3 Å². The number of hydrogen-bond donors (Lipinski definition) is 1. The summed E-state index contributed by atoms with van der Waals surface area (Å²) in [7, 11) is 0. The zero-order valence-electron chi connectivity index (χ0n) is 8.56. The molecule has 0 amide bonds. The molecule has 0 radical (unpaired) electrons. The smallest absolute Gasteiger partial charge is 0.222 e. The molecule has 0 unspecified atom stereocenters. The number of anilines is 2. The molecule has 2 heterocycles. The average Bonchev–Trinajstić information content (AvgIpc) is 2.56. The fourth-order valence-corrected chi connectivity index (χ4v) is 2.38. The molecule has 2 rings (SSSR count). The van der Waals surface area contributed by atoms with Crippen LogP contribution in [0.3, 0.4) is 0 Å². The van der Waals surface area contributed by atoms with Crippen LogP contribution < -0.4 is 10.6 Å². The Morgan fingerprint density at radius 1 is 1.56 bits per heavy atom. The Labute approximate surface area is 103 Å². The van der Waals surface area contributed by atoms with Gasteiger partial charge in [-0.3, -0.25) is 0 Å². The lowest BCUT2D eigenvalue weighted by Gasteiger charge is -2.15. The predicted octanol–water partition coefficient (Wildman–Crippen LogP) is 2.24. The summed E-state index contributed by atoms with van der Waals surface area (Å²) in [5.41, 5.74) is 5.57. The van der Waals surface area contributed by atoms with E-state index in [9.17, 15) is 0 Å². The van der Waals surface area contributed by atoms with E-state index in [0.717, 1.165) is 15.7 Å². The first-order valence-corrected chi connectivity index (χ1v) is 6.05. The maximum atomic E-state index is 5.57. The number of nitrogens with zero attached hydrogens (tertiary/aromatic N) is 3. The standard InChI is InChI=1S/C10H11ClN4S/c1-7-15(5-3-2-4-11)9-8(16-7)6-13-10(12)14-9/h2-3,6H,1,4-5H2,(H2,12,13,14)/b3-2-. The van der Waals surface area contributed by atoms with Crippen molar-refractivity contribution < 1.29 is 0 Å². The van der Waals surface area contributed by atoms with Crippen molar-refractivity contribution >= 4 is 35.1 Å². The summed E-state index contributed by atoms with van der Waals surface area (Å²) in [5.74, 6) is 1.61. The van der Waals surface area contributed by atoms with E-state index in [1.54, 1.807) is 18.0 Å². The molecule has 1 aliphatic rings. The molecular formula is C10H11ClN4S. The Kier molecular flexibility index (Phi) is 3.36. The predicted molar refractivity (Wildman–Crippen MR) is 68.6 cm³/mol. The van der Waals surface area contributed by atoms with Crippen molar-refractivity contribution in [3.8, 4) is 0 Å². The summed E-state index contributed by atoms with van der Waals surface area (Å²) < 4.78 is 0. The van der Waals surface area contributed by atoms with Crippen LogP contribution in [0.15, 0.2) is 34.9 Å². The summed E-state index contributed by atoms with van der Waals surface area (Å²) >= 11 is 7.12. The first-order chi connectivity index (χ1) is 7.72. The molecule has 2 N–H and O–H groups in total. The molecule has 16 heavy (non-hydrogen) atoms. The van der Waals surface area contributed by atoms with Gasteiger partial charge in [0, 0.05) is 18.6 Å². The Hall–Kier alpha value is -1.20. The molecule has 0 atom stereocenters. The van der Waals surface area contributed by atoms with Gasteiger partial charge in [0.2, 0.25) is 5.95 Å². The van der Waals surface area contributed by atoms with Crippen LogP contribution in [0.5, 0.6) is 0 Å². The highest BCUT2D eigenvalue weighted by Gasteiger charge is 2.24. The van der Waals surface area contributed by atoms with Gasteiger partial charge < -0.3 is 10.6 Å². The third kappa shape index (κ3) is 2.15. The SMILES string of the molecule is C=C1Sc2cnc(N)nc2N1C/C=C\CCl. The van der Waals surface area contributed by atoms with Crippen LogP contribution in [0.25, 0.3) is 0 Å². The van der Waals surface area contributed by atoms with Crippen LogP contribution >= 0.6 is 23.4 Å². The molecule has 1 aliphatic heterocycles. The van der Waals surface area contributed by atoms with Gasteiger partial charge in [-0.25, -0.2) is 4.98 Å². The third-order valence-corrected chi connectivity index (χ3v) is 3.23. The number of aromatic nitrogens is 2. The van der Waals surface area contributed by atoms with Crippen LogP contribution in [0, 0.1) is 0 Å². The Morgan fingerprint density at radius 2 is 2.38 bits per heavy atom. The van der Waals surface area contributed by atoms with Gasteiger partial charge >= 0.3 is 0 Å². The lowest BCUT2D eigenvalue weighted by molar-refractivity contribution is 0.997. The van der Waals surface area contributed by atoms with Gasteiger partial charge in [-0.15, -0.1) is 11.6 Å². The number of halogens is 1. The topological polar surface area (TPSA) is 55.0 Å². The molecule has 0 bridgehead atoms. The van der Waals surface area contributed by atoms with Crippen molar-refractivity contribution in [1.82, 2.24) is 9.97 Å². The highest BCUT2D eigenvalue weighted by atomic mass is 35.5. The normalized spacial score (nSPS) is 14.8. The van der Waals surface area contributed by atoms with Gasteiger partial charge in [0.15, 0.2) is 5.82 Å². The third-order valence-electron chi connectivity index (χ3n) is 2.08. The molecule has 6 heteroatoms. The lowest BCUT2D eigenvalue weighted by atomic mass is 10.4. The van der Waals surface area contributed by atoms with Crippen molar-refractivity contribution in [2.45, 2.75) is 4.90 Å². The Balaban J connectivity index is 2.24. The largest absolute Gasteiger partial charge is 0.368 e. The minimum absolute atomic E-state index is 0.278. The first kappa shape index (κ1) is 11.3. The van der Waals surface area contributed by atoms with Gasteiger partial charge in [-0.05, 0) is 0 Å². The second-order valence-electron chi connectivity index (χ2n) is 3.15. The zero-order valence-corrected chi connectivity index (χ0v) is 10.1. The molecule has 0 saturated heterocycles. The summed E-state index contributed by atoms with van der Waals surface area (Å²) in [6.07, 6.45) is 5.59. The summed E-state index contributed by atoms with van der Waals surface area (Å²) in [5, 5.41) is 0.925. The minimum atomic E-state index is 0.278. The van der Waals surface area contributed by atoms with Gasteiger partial charge in [0.05, 0.1) is 9.92 Å². The van der Waals surface area contributed by atoms with Gasteiger partial charge in [0.1, 0.15) is 0 Å². The second-order valence-corrected chi connectivity index (χ2v) is 4.57. The Morgan fingerprint density at radius 3 is 3.12 bits per heavy atom. The molecule has 0 aliphatic carbocycles. The van der Waals surface area contributed by atoms with E-state index in [2.05, 4.69) is 16.5 Å². The molecule has 0 spiro atoms. The maximum Gasteiger partial charge on any atom is 0.222 e. The van der Waals surface area contributed by atoms with Gasteiger partial charge in [0.25, 0.3) is 0 Å². The molecule has 0 saturated carbocycles. The number of rotatable bonds is 3. The van der Waals surface area contributed by atoms with Crippen molar-refractivity contribution in [1.29, 1.82) is 0 Å². The highest BCUT2D eigenvalue weighted by Crippen LogP contribution is 2.43. The molecule has 1 aromatic rings. The van der Waals surface area contributed by atoms with Crippen LogP contribution in [0.1, 0.15) is 0 Å². The number of fused-ring (bicyclic) bond motifs is 1. The van der Waals surface area contributed by atoms with E-state index < -0.39 is 0 Å². The summed E-state index contributed by atoms with van der Waals surface area (Å²) in [6, 6.07) is 0. The number of alkyl halides is 1. The van der Waals surface area contributed by atoms with Crippen LogP contribution in [-0.4, -0.2) is 22.4 Å². The minimum Gasteiger partial charge on any atom is -0.368 e. The molecule has 1 aromatic heterocycles. The quantitative estimate of drug-likeness (QED) is 0.662. The second kappa shape index (κ2) is 4.76. The van der Waals surface area contributed by atoms with Crippen molar-refractivity contribution in [2.75, 3.05) is 23.1 Å². The van der Waals surface area contributed by atoms with Gasteiger partial charge in [-0.2, -0.15) is 4.98 Å². The van der Waals surface area contributed by atoms with E-state index in [1.165, 1.54) is 0 Å². The molecule has 0 aromatic carbocycles. The lowest BCUT2D eigenvalue weighted by Crippen LogP contribution is -2.18. The highest BCUT2D eigenvalue weighted by molar-refractivity contribution is 8.03. The maximum absolute atomic E-state index is 5.57. The average molecular weight is 255 g/mol. The monoisotopic (exact) mass is 254 g/mol. The van der Waals surface area contributed by atoms with Crippen molar-refractivity contribution in [3.05, 3.63) is 30.0 Å². The van der Waals surface area contributed by atoms with E-state index in [1.807, 2.05) is 17.1 Å². The Bertz CT molecular complexity index is 446. The number of allylic oxidation sites excluding steroid dienone is 1. The van der Waals surface area contributed by atoms with Crippen molar-refractivity contribution in [3.63, 3.8) is 0 Å². The van der Waals surface area contributed by atoms with Crippen LogP contribution in [0.2, 0.25) is 0 Å². The number of thioether (sulfide) groups is 1.